The maximum absolute atomic E-state index is 12.2. The monoisotopic (exact) mass is 340 g/mol. The second kappa shape index (κ2) is 8.36. The molecule has 0 spiro atoms. The van der Waals surface area contributed by atoms with Gasteiger partial charge in [-0.15, -0.1) is 0 Å². The van der Waals surface area contributed by atoms with E-state index < -0.39 is 6.10 Å². The Morgan fingerprint density at radius 1 is 1.16 bits per heavy atom. The summed E-state index contributed by atoms with van der Waals surface area (Å²) in [7, 11) is 0. The third-order valence-electron chi connectivity index (χ3n) is 3.84. The van der Waals surface area contributed by atoms with Crippen molar-refractivity contribution in [2.75, 3.05) is 25.0 Å². The fourth-order valence-corrected chi connectivity index (χ4v) is 2.45. The minimum absolute atomic E-state index is 0.133. The first-order chi connectivity index (χ1) is 12.2. The second-order valence-electron chi connectivity index (χ2n) is 5.67. The van der Waals surface area contributed by atoms with Gasteiger partial charge in [0.2, 0.25) is 0 Å². The molecule has 3 rings (SSSR count). The smallest absolute Gasteiger partial charge is 0.255 e. The number of amides is 2. The second-order valence-corrected chi connectivity index (χ2v) is 5.67. The third-order valence-corrected chi connectivity index (χ3v) is 3.84. The lowest BCUT2D eigenvalue weighted by Crippen LogP contribution is -2.47. The number of hydrogen-bond acceptors (Lipinski definition) is 5. The van der Waals surface area contributed by atoms with Crippen LogP contribution in [0.1, 0.15) is 15.9 Å². The first kappa shape index (κ1) is 17.1. The molecule has 0 saturated carbocycles. The summed E-state index contributed by atoms with van der Waals surface area (Å²) in [4.78, 5) is 28.1. The Hall–Kier alpha value is -2.77. The molecular weight excluding hydrogens is 320 g/mol. The van der Waals surface area contributed by atoms with Gasteiger partial charge in [0.15, 0.2) is 0 Å². The zero-order valence-corrected chi connectivity index (χ0v) is 13.7. The van der Waals surface area contributed by atoms with Crippen molar-refractivity contribution >= 4 is 17.5 Å². The predicted octanol–water partition coefficient (Wildman–Crippen LogP) is 0.938. The van der Waals surface area contributed by atoms with E-state index >= 15 is 0 Å². The molecule has 1 fully saturated rings. The Labute approximate surface area is 145 Å². The Morgan fingerprint density at radius 3 is 2.60 bits per heavy atom. The average molecular weight is 340 g/mol. The van der Waals surface area contributed by atoms with E-state index in [0.717, 1.165) is 12.1 Å². The quantitative estimate of drug-likeness (QED) is 0.753. The molecule has 3 N–H and O–H groups in total. The fourth-order valence-electron chi connectivity index (χ4n) is 2.45. The molecule has 1 aromatic heterocycles. The number of anilines is 1. The van der Waals surface area contributed by atoms with Crippen LogP contribution in [0.4, 0.5) is 5.69 Å². The molecule has 2 amide bonds. The van der Waals surface area contributed by atoms with E-state index in [1.54, 1.807) is 36.7 Å². The number of aromatic nitrogens is 1. The van der Waals surface area contributed by atoms with Gasteiger partial charge in [0, 0.05) is 43.3 Å². The predicted molar refractivity (Wildman–Crippen MR) is 93.1 cm³/mol. The molecular formula is C18H20N4O3. The van der Waals surface area contributed by atoms with Crippen LogP contribution in [-0.2, 0) is 16.1 Å². The van der Waals surface area contributed by atoms with Gasteiger partial charge in [-0.2, -0.15) is 0 Å². The molecule has 1 aliphatic rings. The highest BCUT2D eigenvalue weighted by atomic mass is 16.5. The van der Waals surface area contributed by atoms with Crippen molar-refractivity contribution in [2.24, 2.45) is 0 Å². The van der Waals surface area contributed by atoms with Crippen molar-refractivity contribution < 1.29 is 14.3 Å². The highest BCUT2D eigenvalue weighted by molar-refractivity contribution is 6.04. The molecule has 7 nitrogen and oxygen atoms in total. The summed E-state index contributed by atoms with van der Waals surface area (Å²) in [6.07, 6.45) is 2.79. The van der Waals surface area contributed by atoms with Crippen LogP contribution in [0, 0.1) is 0 Å². The Bertz CT molecular complexity index is 713. The van der Waals surface area contributed by atoms with E-state index in [0.29, 0.717) is 30.9 Å². The van der Waals surface area contributed by atoms with Gasteiger partial charge in [-0.3, -0.25) is 14.6 Å². The molecule has 1 saturated heterocycles. The van der Waals surface area contributed by atoms with Gasteiger partial charge in [-0.1, -0.05) is 12.1 Å². The third kappa shape index (κ3) is 4.85. The normalized spacial score (nSPS) is 16.9. The molecule has 1 aliphatic heterocycles. The number of nitrogens with zero attached hydrogens (tertiary/aromatic N) is 1. The van der Waals surface area contributed by atoms with E-state index in [4.69, 9.17) is 4.74 Å². The molecule has 25 heavy (non-hydrogen) atoms. The highest BCUT2D eigenvalue weighted by Gasteiger charge is 2.21. The summed E-state index contributed by atoms with van der Waals surface area (Å²) < 4.78 is 5.40. The molecule has 2 heterocycles. The lowest BCUT2D eigenvalue weighted by Gasteiger charge is -2.22. The average Bonchev–Trinajstić information content (AvgIpc) is 2.68. The minimum Gasteiger partial charge on any atom is -0.366 e. The SMILES string of the molecule is O=C(Nc1ccncc1)c1ccc(CNC(=O)C2CNCCO2)cc1. The van der Waals surface area contributed by atoms with E-state index in [2.05, 4.69) is 20.9 Å². The molecule has 7 heteroatoms. The molecule has 0 bridgehead atoms. The van der Waals surface area contributed by atoms with E-state index in [9.17, 15) is 9.59 Å². The molecule has 1 atom stereocenters. The number of morpholine rings is 1. The summed E-state index contributed by atoms with van der Waals surface area (Å²) in [5.74, 6) is -0.324. The summed E-state index contributed by atoms with van der Waals surface area (Å²) in [6.45, 7) is 2.23. The molecule has 2 aromatic rings. The molecule has 1 aromatic carbocycles. The zero-order chi connectivity index (χ0) is 17.5. The van der Waals surface area contributed by atoms with E-state index in [1.807, 2.05) is 12.1 Å². The number of nitrogens with one attached hydrogen (secondary N) is 3. The van der Waals surface area contributed by atoms with Crippen LogP contribution in [-0.4, -0.2) is 42.6 Å². The number of benzene rings is 1. The van der Waals surface area contributed by atoms with Crippen molar-refractivity contribution in [3.63, 3.8) is 0 Å². The van der Waals surface area contributed by atoms with Crippen molar-refractivity contribution in [1.82, 2.24) is 15.6 Å². The Balaban J connectivity index is 1.51. The van der Waals surface area contributed by atoms with Crippen molar-refractivity contribution in [2.45, 2.75) is 12.6 Å². The van der Waals surface area contributed by atoms with Gasteiger partial charge in [0.05, 0.1) is 6.61 Å². The highest BCUT2D eigenvalue weighted by Crippen LogP contribution is 2.09. The lowest BCUT2D eigenvalue weighted by molar-refractivity contribution is -0.134. The van der Waals surface area contributed by atoms with Crippen LogP contribution in [0.3, 0.4) is 0 Å². The van der Waals surface area contributed by atoms with Gasteiger partial charge in [0.1, 0.15) is 6.10 Å². The van der Waals surface area contributed by atoms with Gasteiger partial charge < -0.3 is 20.7 Å². The van der Waals surface area contributed by atoms with Crippen LogP contribution >= 0.6 is 0 Å². The minimum atomic E-state index is -0.445. The number of ether oxygens (including phenoxy) is 1. The fraction of sp³-hybridized carbons (Fsp3) is 0.278. The van der Waals surface area contributed by atoms with E-state index in [-0.39, 0.29) is 11.8 Å². The first-order valence-electron chi connectivity index (χ1n) is 8.13. The van der Waals surface area contributed by atoms with Crippen LogP contribution in [0.2, 0.25) is 0 Å². The molecule has 130 valence electrons. The van der Waals surface area contributed by atoms with Gasteiger partial charge in [0.25, 0.3) is 11.8 Å². The summed E-state index contributed by atoms with van der Waals surface area (Å²) >= 11 is 0. The Kier molecular flexibility index (Phi) is 5.71. The largest absolute Gasteiger partial charge is 0.366 e. The van der Waals surface area contributed by atoms with Crippen LogP contribution < -0.4 is 16.0 Å². The Morgan fingerprint density at radius 2 is 1.92 bits per heavy atom. The number of pyridine rings is 1. The first-order valence-corrected chi connectivity index (χ1v) is 8.13. The van der Waals surface area contributed by atoms with Crippen LogP contribution in [0.25, 0.3) is 0 Å². The number of carbonyl (C=O) groups excluding carboxylic acids is 2. The summed E-state index contributed by atoms with van der Waals surface area (Å²) in [5.41, 5.74) is 2.15. The molecule has 0 aliphatic carbocycles. The van der Waals surface area contributed by atoms with Crippen molar-refractivity contribution in [3.05, 3.63) is 59.9 Å². The summed E-state index contributed by atoms with van der Waals surface area (Å²) in [5, 5.41) is 8.76. The molecule has 1 unspecified atom stereocenters. The lowest BCUT2D eigenvalue weighted by atomic mass is 10.1. The van der Waals surface area contributed by atoms with Crippen molar-refractivity contribution in [1.29, 1.82) is 0 Å². The maximum atomic E-state index is 12.2. The van der Waals surface area contributed by atoms with Gasteiger partial charge >= 0.3 is 0 Å². The topological polar surface area (TPSA) is 92.4 Å². The van der Waals surface area contributed by atoms with Crippen molar-refractivity contribution in [3.8, 4) is 0 Å². The standard InChI is InChI=1S/C18H20N4O3/c23-17(22-15-5-7-19-8-6-15)14-3-1-13(2-4-14)11-21-18(24)16-12-20-9-10-25-16/h1-8,16,20H,9-12H2,(H,21,24)(H,19,22,23). The number of hydrogen-bond donors (Lipinski definition) is 3. The molecule has 0 radical (unpaired) electrons. The van der Waals surface area contributed by atoms with Gasteiger partial charge in [-0.25, -0.2) is 0 Å². The maximum Gasteiger partial charge on any atom is 0.255 e. The van der Waals surface area contributed by atoms with E-state index in [1.165, 1.54) is 0 Å². The number of carbonyl (C=O) groups is 2. The summed E-state index contributed by atoms with van der Waals surface area (Å²) in [6, 6.07) is 10.6. The van der Waals surface area contributed by atoms with Crippen LogP contribution in [0.15, 0.2) is 48.8 Å². The van der Waals surface area contributed by atoms with Crippen LogP contribution in [0.5, 0.6) is 0 Å². The zero-order valence-electron chi connectivity index (χ0n) is 13.7. The number of rotatable bonds is 5. The van der Waals surface area contributed by atoms with Gasteiger partial charge in [-0.05, 0) is 29.8 Å².